The van der Waals surface area contributed by atoms with Gasteiger partial charge >= 0.3 is 5.97 Å². The zero-order chi connectivity index (χ0) is 21.4. The smallest absolute Gasteiger partial charge is 0.308 e. The maximum Gasteiger partial charge on any atom is 0.308 e. The number of ether oxygens (including phenoxy) is 1. The van der Waals surface area contributed by atoms with E-state index < -0.39 is 24.1 Å². The van der Waals surface area contributed by atoms with E-state index in [-0.39, 0.29) is 36.1 Å². The molecule has 0 aromatic rings. The molecule has 0 bridgehead atoms. The molecule has 0 fully saturated rings. The SMILES string of the molecule is CC[C@H]1C[C@@H](C)C(=O)/C=C/C(C)=C/[C@H](C)[C@H](CC)OC(=O)C[C@@H](O)[C@H](C)[C@H]1O. The summed E-state index contributed by atoms with van der Waals surface area (Å²) in [7, 11) is 0. The molecule has 0 aromatic heterocycles. The van der Waals surface area contributed by atoms with Crippen LogP contribution in [0, 0.1) is 23.7 Å². The molecular formula is C23H38O5. The van der Waals surface area contributed by atoms with Crippen LogP contribution < -0.4 is 0 Å². The summed E-state index contributed by atoms with van der Waals surface area (Å²) in [5, 5.41) is 21.2. The van der Waals surface area contributed by atoms with E-state index in [9.17, 15) is 19.8 Å². The Bertz CT molecular complexity index is 580. The number of cyclic esters (lactones) is 1. The quantitative estimate of drug-likeness (QED) is 0.696. The molecular weight excluding hydrogens is 356 g/mol. The summed E-state index contributed by atoms with van der Waals surface area (Å²) < 4.78 is 5.59. The number of allylic oxidation sites excluding steroid dienone is 3. The van der Waals surface area contributed by atoms with Gasteiger partial charge in [-0.3, -0.25) is 9.59 Å². The molecule has 0 saturated heterocycles. The van der Waals surface area contributed by atoms with Crippen molar-refractivity contribution in [3.05, 3.63) is 23.8 Å². The van der Waals surface area contributed by atoms with E-state index in [1.807, 2.05) is 40.7 Å². The Morgan fingerprint density at radius 3 is 2.29 bits per heavy atom. The van der Waals surface area contributed by atoms with Gasteiger partial charge in [-0.25, -0.2) is 0 Å². The van der Waals surface area contributed by atoms with Crippen LogP contribution in [-0.2, 0) is 14.3 Å². The second-order valence-electron chi connectivity index (χ2n) is 8.37. The zero-order valence-electron chi connectivity index (χ0n) is 18.2. The van der Waals surface area contributed by atoms with E-state index >= 15 is 0 Å². The third-order valence-electron chi connectivity index (χ3n) is 5.98. The molecule has 2 N–H and O–H groups in total. The standard InChI is InChI=1S/C23H38O5/c1-7-18-12-15(4)19(24)10-9-14(3)11-16(5)21(8-2)28-22(26)13-20(25)17(6)23(18)27/h9-11,15-18,20-21,23,25,27H,7-8,12-13H2,1-6H3/b10-9+,14-11+/t15-,16+,17+,18+,20-,21+,23-/m1/s1. The Kier molecular flexibility index (Phi) is 10.1. The van der Waals surface area contributed by atoms with Crippen LogP contribution in [0.2, 0.25) is 0 Å². The highest BCUT2D eigenvalue weighted by atomic mass is 16.5. The number of ketones is 1. The molecule has 7 atom stereocenters. The molecule has 0 radical (unpaired) electrons. The van der Waals surface area contributed by atoms with E-state index in [4.69, 9.17) is 4.74 Å². The number of esters is 1. The van der Waals surface area contributed by atoms with Crippen LogP contribution in [0.4, 0.5) is 0 Å². The molecule has 5 heteroatoms. The normalized spacial score (nSPS) is 39.7. The van der Waals surface area contributed by atoms with Gasteiger partial charge in [-0.15, -0.1) is 0 Å². The predicted octanol–water partition coefficient (Wildman–Crippen LogP) is 3.83. The predicted molar refractivity (Wildman–Crippen MR) is 111 cm³/mol. The topological polar surface area (TPSA) is 83.8 Å². The molecule has 1 aliphatic rings. The average molecular weight is 395 g/mol. The minimum Gasteiger partial charge on any atom is -0.462 e. The molecule has 0 saturated carbocycles. The first-order valence-corrected chi connectivity index (χ1v) is 10.6. The molecule has 1 aliphatic heterocycles. The minimum absolute atomic E-state index is 0.0105. The van der Waals surface area contributed by atoms with Gasteiger partial charge < -0.3 is 14.9 Å². The van der Waals surface area contributed by atoms with E-state index in [0.29, 0.717) is 19.3 Å². The lowest BCUT2D eigenvalue weighted by molar-refractivity contribution is -0.154. The number of hydrogen-bond donors (Lipinski definition) is 2. The van der Waals surface area contributed by atoms with Gasteiger partial charge in [0.05, 0.1) is 18.6 Å². The van der Waals surface area contributed by atoms with Gasteiger partial charge in [0.25, 0.3) is 0 Å². The fourth-order valence-corrected chi connectivity index (χ4v) is 3.87. The fourth-order valence-electron chi connectivity index (χ4n) is 3.87. The van der Waals surface area contributed by atoms with Gasteiger partial charge in [0.15, 0.2) is 5.78 Å². The monoisotopic (exact) mass is 394 g/mol. The van der Waals surface area contributed by atoms with Crippen LogP contribution in [0.5, 0.6) is 0 Å². The maximum atomic E-state index is 12.5. The van der Waals surface area contributed by atoms with Crippen molar-refractivity contribution in [1.82, 2.24) is 0 Å². The second-order valence-corrected chi connectivity index (χ2v) is 8.37. The van der Waals surface area contributed by atoms with Gasteiger partial charge in [0.1, 0.15) is 6.10 Å². The van der Waals surface area contributed by atoms with Gasteiger partial charge in [0, 0.05) is 17.8 Å². The van der Waals surface area contributed by atoms with E-state index in [0.717, 1.165) is 5.57 Å². The molecule has 0 spiro atoms. The van der Waals surface area contributed by atoms with Crippen LogP contribution in [0.3, 0.4) is 0 Å². The Morgan fingerprint density at radius 1 is 1.07 bits per heavy atom. The Balaban J connectivity index is 3.18. The highest BCUT2D eigenvalue weighted by Crippen LogP contribution is 2.28. The molecule has 0 amide bonds. The van der Waals surface area contributed by atoms with Crippen LogP contribution in [0.15, 0.2) is 23.8 Å². The highest BCUT2D eigenvalue weighted by Gasteiger charge is 2.32. The lowest BCUT2D eigenvalue weighted by Gasteiger charge is -2.31. The first-order chi connectivity index (χ1) is 13.1. The van der Waals surface area contributed by atoms with Crippen molar-refractivity contribution in [2.45, 2.75) is 85.5 Å². The molecule has 0 unspecified atom stereocenters. The molecule has 5 nitrogen and oxygen atoms in total. The van der Waals surface area contributed by atoms with Crippen LogP contribution in [-0.4, -0.2) is 40.3 Å². The first kappa shape index (κ1) is 24.6. The first-order valence-electron chi connectivity index (χ1n) is 10.6. The van der Waals surface area contributed by atoms with Crippen molar-refractivity contribution >= 4 is 11.8 Å². The molecule has 28 heavy (non-hydrogen) atoms. The van der Waals surface area contributed by atoms with E-state index in [2.05, 4.69) is 0 Å². The Labute approximate surface area is 169 Å². The van der Waals surface area contributed by atoms with Gasteiger partial charge in [0.2, 0.25) is 0 Å². The summed E-state index contributed by atoms with van der Waals surface area (Å²) in [5.41, 5.74) is 0.940. The van der Waals surface area contributed by atoms with Gasteiger partial charge in [-0.1, -0.05) is 58.8 Å². The van der Waals surface area contributed by atoms with Gasteiger partial charge in [-0.05, 0) is 31.8 Å². The van der Waals surface area contributed by atoms with Crippen molar-refractivity contribution in [1.29, 1.82) is 0 Å². The summed E-state index contributed by atoms with van der Waals surface area (Å²) in [6.45, 7) is 11.4. The summed E-state index contributed by atoms with van der Waals surface area (Å²) >= 11 is 0. The van der Waals surface area contributed by atoms with Gasteiger partial charge in [-0.2, -0.15) is 0 Å². The van der Waals surface area contributed by atoms with E-state index in [1.165, 1.54) is 0 Å². The summed E-state index contributed by atoms with van der Waals surface area (Å²) in [6, 6.07) is 0. The third-order valence-corrected chi connectivity index (χ3v) is 5.98. The molecule has 0 aromatic carbocycles. The minimum atomic E-state index is -0.986. The number of hydrogen-bond acceptors (Lipinski definition) is 5. The summed E-state index contributed by atoms with van der Waals surface area (Å²) in [4.78, 5) is 24.8. The molecule has 160 valence electrons. The maximum absolute atomic E-state index is 12.5. The third kappa shape index (κ3) is 7.17. The molecule has 1 heterocycles. The largest absolute Gasteiger partial charge is 0.462 e. The van der Waals surface area contributed by atoms with E-state index in [1.54, 1.807) is 19.1 Å². The van der Waals surface area contributed by atoms with Crippen molar-refractivity contribution in [2.24, 2.45) is 23.7 Å². The number of aliphatic hydroxyl groups excluding tert-OH is 2. The Hall–Kier alpha value is -1.46. The Morgan fingerprint density at radius 2 is 1.71 bits per heavy atom. The highest BCUT2D eigenvalue weighted by molar-refractivity contribution is 5.91. The lowest BCUT2D eigenvalue weighted by atomic mass is 9.80. The summed E-state index contributed by atoms with van der Waals surface area (Å²) in [6.07, 6.45) is 5.07. The molecule has 1 rings (SSSR count). The van der Waals surface area contributed by atoms with Crippen molar-refractivity contribution in [2.75, 3.05) is 0 Å². The zero-order valence-corrected chi connectivity index (χ0v) is 18.2. The lowest BCUT2D eigenvalue weighted by Crippen LogP contribution is -2.38. The second kappa shape index (κ2) is 11.5. The van der Waals surface area contributed by atoms with Crippen molar-refractivity contribution in [3.63, 3.8) is 0 Å². The number of aliphatic hydroxyl groups is 2. The average Bonchev–Trinajstić information content (AvgIpc) is 2.65. The van der Waals surface area contributed by atoms with Crippen LogP contribution in [0.25, 0.3) is 0 Å². The van der Waals surface area contributed by atoms with Crippen LogP contribution >= 0.6 is 0 Å². The summed E-state index contributed by atoms with van der Waals surface area (Å²) in [5.74, 6) is -1.25. The van der Waals surface area contributed by atoms with Crippen molar-refractivity contribution in [3.8, 4) is 0 Å². The number of carbonyl (C=O) groups excluding carboxylic acids is 2. The van der Waals surface area contributed by atoms with Crippen LogP contribution in [0.1, 0.15) is 67.2 Å². The number of carbonyl (C=O) groups is 2. The number of rotatable bonds is 2. The molecule has 0 aliphatic carbocycles. The fraction of sp³-hybridized carbons (Fsp3) is 0.739. The van der Waals surface area contributed by atoms with Crippen molar-refractivity contribution < 1.29 is 24.5 Å².